The van der Waals surface area contributed by atoms with Crippen LogP contribution in [0.5, 0.6) is 0 Å². The Balaban J connectivity index is 1.51. The van der Waals surface area contributed by atoms with Crippen LogP contribution in [0.1, 0.15) is 27.0 Å². The first-order valence-electron chi connectivity index (χ1n) is 12.6. The number of anilines is 1. The number of hydrogen-bond acceptors (Lipinski definition) is 9. The Kier molecular flexibility index (Phi) is 9.59. The number of Topliss-reactive ketones (excluding diaryl/α,β-unsaturated/α-hetero) is 1. The molecule has 2 aromatic heterocycles. The van der Waals surface area contributed by atoms with E-state index in [1.54, 1.807) is 42.9 Å². The topological polar surface area (TPSA) is 122 Å². The van der Waals surface area contributed by atoms with Gasteiger partial charge in [0.15, 0.2) is 10.7 Å². The van der Waals surface area contributed by atoms with Crippen molar-refractivity contribution in [3.05, 3.63) is 83.3 Å². The van der Waals surface area contributed by atoms with Gasteiger partial charge in [0, 0.05) is 50.5 Å². The SMILES string of the molecule is Cc1cc(C)cc(NC(=O)c2cccnc2SC(N)(C(=O)CNCCN2CCOCC2)c2ccncc2)c1. The number of rotatable bonds is 11. The summed E-state index contributed by atoms with van der Waals surface area (Å²) in [6, 6.07) is 12.7. The van der Waals surface area contributed by atoms with Gasteiger partial charge in [0.05, 0.1) is 25.3 Å². The summed E-state index contributed by atoms with van der Waals surface area (Å²) < 4.78 is 5.39. The molecular weight excluding hydrogens is 500 g/mol. The summed E-state index contributed by atoms with van der Waals surface area (Å²) in [7, 11) is 0. The lowest BCUT2D eigenvalue weighted by atomic mass is 10.0. The van der Waals surface area contributed by atoms with Crippen LogP contribution in [0, 0.1) is 13.8 Å². The molecule has 1 unspecified atom stereocenters. The van der Waals surface area contributed by atoms with Gasteiger partial charge in [-0.2, -0.15) is 0 Å². The van der Waals surface area contributed by atoms with Gasteiger partial charge in [0.1, 0.15) is 5.03 Å². The number of thioether (sulfide) groups is 1. The Labute approximate surface area is 227 Å². The highest BCUT2D eigenvalue weighted by atomic mass is 32.2. The maximum absolute atomic E-state index is 13.6. The lowest BCUT2D eigenvalue weighted by molar-refractivity contribution is -0.120. The fraction of sp³-hybridized carbons (Fsp3) is 0.357. The minimum absolute atomic E-state index is 0.0765. The third-order valence-corrected chi connectivity index (χ3v) is 7.57. The van der Waals surface area contributed by atoms with Crippen molar-refractivity contribution in [2.75, 3.05) is 51.3 Å². The van der Waals surface area contributed by atoms with Crippen LogP contribution in [0.15, 0.2) is 66.1 Å². The molecule has 10 heteroatoms. The second-order valence-corrected chi connectivity index (χ2v) is 10.5. The van der Waals surface area contributed by atoms with Crippen molar-refractivity contribution in [3.8, 4) is 0 Å². The molecular formula is C28H34N6O3S. The fourth-order valence-corrected chi connectivity index (χ4v) is 5.44. The zero-order chi connectivity index (χ0) is 27.0. The number of hydrogen-bond donors (Lipinski definition) is 3. The third-order valence-electron chi connectivity index (χ3n) is 6.27. The fourth-order valence-electron chi connectivity index (χ4n) is 4.31. The van der Waals surface area contributed by atoms with Gasteiger partial charge < -0.3 is 21.1 Å². The van der Waals surface area contributed by atoms with Crippen LogP contribution >= 0.6 is 11.8 Å². The minimum Gasteiger partial charge on any atom is -0.379 e. The molecule has 4 rings (SSSR count). The summed E-state index contributed by atoms with van der Waals surface area (Å²) in [6.45, 7) is 8.73. The van der Waals surface area contributed by atoms with E-state index in [0.29, 0.717) is 28.4 Å². The Morgan fingerprint density at radius 2 is 1.79 bits per heavy atom. The number of aromatic nitrogens is 2. The molecule has 0 saturated carbocycles. The van der Waals surface area contributed by atoms with Gasteiger partial charge in [0.2, 0.25) is 0 Å². The number of carbonyl (C=O) groups excluding carboxylic acids is 2. The molecule has 1 atom stereocenters. The van der Waals surface area contributed by atoms with Crippen LogP contribution in [-0.2, 0) is 14.4 Å². The second-order valence-electron chi connectivity index (χ2n) is 9.31. The van der Waals surface area contributed by atoms with E-state index in [4.69, 9.17) is 10.5 Å². The number of aryl methyl sites for hydroxylation is 2. The zero-order valence-corrected chi connectivity index (χ0v) is 22.6. The number of pyridine rings is 2. The molecule has 4 N–H and O–H groups in total. The van der Waals surface area contributed by atoms with Gasteiger partial charge in [-0.1, -0.05) is 17.8 Å². The van der Waals surface area contributed by atoms with Gasteiger partial charge in [-0.15, -0.1) is 0 Å². The van der Waals surface area contributed by atoms with E-state index in [-0.39, 0.29) is 18.2 Å². The van der Waals surface area contributed by atoms with Crippen molar-refractivity contribution in [2.45, 2.75) is 23.7 Å². The number of nitrogens with two attached hydrogens (primary N) is 1. The normalized spacial score (nSPS) is 15.6. The molecule has 1 fully saturated rings. The summed E-state index contributed by atoms with van der Waals surface area (Å²) in [5, 5.41) is 6.56. The Morgan fingerprint density at radius 1 is 1.08 bits per heavy atom. The molecule has 3 aromatic rings. The molecule has 0 aliphatic carbocycles. The van der Waals surface area contributed by atoms with Crippen LogP contribution < -0.4 is 16.4 Å². The Hall–Kier alpha value is -3.15. The molecule has 200 valence electrons. The number of benzene rings is 1. The van der Waals surface area contributed by atoms with Crippen LogP contribution in [0.4, 0.5) is 5.69 Å². The molecule has 0 radical (unpaired) electrons. The van der Waals surface area contributed by atoms with Gasteiger partial charge in [0.25, 0.3) is 5.91 Å². The lowest BCUT2D eigenvalue weighted by Gasteiger charge is -2.29. The highest BCUT2D eigenvalue weighted by Crippen LogP contribution is 2.38. The molecule has 1 saturated heterocycles. The van der Waals surface area contributed by atoms with E-state index in [1.807, 2.05) is 32.0 Å². The predicted molar refractivity (Wildman–Crippen MR) is 149 cm³/mol. The molecule has 1 aromatic carbocycles. The van der Waals surface area contributed by atoms with Crippen molar-refractivity contribution in [2.24, 2.45) is 5.73 Å². The van der Waals surface area contributed by atoms with Gasteiger partial charge in [-0.3, -0.25) is 19.5 Å². The average Bonchev–Trinajstić information content (AvgIpc) is 2.91. The van der Waals surface area contributed by atoms with E-state index in [9.17, 15) is 9.59 Å². The van der Waals surface area contributed by atoms with Crippen molar-refractivity contribution in [3.63, 3.8) is 0 Å². The van der Waals surface area contributed by atoms with Gasteiger partial charge in [-0.25, -0.2) is 4.98 Å². The molecule has 3 heterocycles. The number of ketones is 1. The quantitative estimate of drug-likeness (QED) is 0.194. The second kappa shape index (κ2) is 13.1. The first kappa shape index (κ1) is 27.9. The summed E-state index contributed by atoms with van der Waals surface area (Å²) in [6.07, 6.45) is 4.79. The molecule has 38 heavy (non-hydrogen) atoms. The standard InChI is InChI=1S/C28H34N6O3S/c1-20-16-21(2)18-23(17-20)33-26(36)24-4-3-7-32-27(24)38-28(29,22-5-8-30-9-6-22)25(35)19-31-10-11-34-12-14-37-15-13-34/h3-9,16-18,31H,10-15,19,29H2,1-2H3,(H,33,36). The van der Waals surface area contributed by atoms with Crippen molar-refractivity contribution in [1.82, 2.24) is 20.2 Å². The summed E-state index contributed by atoms with van der Waals surface area (Å²) in [5.41, 5.74) is 10.5. The highest BCUT2D eigenvalue weighted by Gasteiger charge is 2.38. The number of nitrogens with zero attached hydrogens (tertiary/aromatic N) is 3. The molecule has 1 amide bonds. The van der Waals surface area contributed by atoms with E-state index in [2.05, 4.69) is 25.5 Å². The van der Waals surface area contributed by atoms with E-state index in [0.717, 1.165) is 55.7 Å². The summed E-state index contributed by atoms with van der Waals surface area (Å²) in [4.78, 5) is 36.2. The van der Waals surface area contributed by atoms with Crippen LogP contribution in [0.3, 0.4) is 0 Å². The largest absolute Gasteiger partial charge is 0.379 e. The summed E-state index contributed by atoms with van der Waals surface area (Å²) >= 11 is 1.07. The van der Waals surface area contributed by atoms with Gasteiger partial charge >= 0.3 is 0 Å². The Morgan fingerprint density at radius 3 is 2.50 bits per heavy atom. The van der Waals surface area contributed by atoms with E-state index < -0.39 is 4.87 Å². The molecule has 9 nitrogen and oxygen atoms in total. The predicted octanol–water partition coefficient (Wildman–Crippen LogP) is 2.74. The molecule has 0 spiro atoms. The van der Waals surface area contributed by atoms with Crippen molar-refractivity contribution < 1.29 is 14.3 Å². The lowest BCUT2D eigenvalue weighted by Crippen LogP contribution is -2.47. The van der Waals surface area contributed by atoms with E-state index >= 15 is 0 Å². The number of amides is 1. The van der Waals surface area contributed by atoms with Crippen molar-refractivity contribution >= 4 is 29.1 Å². The number of morpholine rings is 1. The monoisotopic (exact) mass is 534 g/mol. The number of carbonyl (C=O) groups is 2. The Bertz CT molecular complexity index is 1230. The maximum atomic E-state index is 13.6. The van der Waals surface area contributed by atoms with Crippen LogP contribution in [0.25, 0.3) is 0 Å². The minimum atomic E-state index is -1.47. The zero-order valence-electron chi connectivity index (χ0n) is 21.8. The highest BCUT2D eigenvalue weighted by molar-refractivity contribution is 8.01. The molecule has 1 aliphatic rings. The van der Waals surface area contributed by atoms with E-state index in [1.165, 1.54) is 0 Å². The van der Waals surface area contributed by atoms with Crippen molar-refractivity contribution in [1.29, 1.82) is 0 Å². The first-order valence-corrected chi connectivity index (χ1v) is 13.4. The number of ether oxygens (including phenoxy) is 1. The molecule has 1 aliphatic heterocycles. The number of nitrogens with one attached hydrogen (secondary N) is 2. The first-order chi connectivity index (χ1) is 18.3. The van der Waals surface area contributed by atoms with Crippen LogP contribution in [0.2, 0.25) is 0 Å². The average molecular weight is 535 g/mol. The summed E-state index contributed by atoms with van der Waals surface area (Å²) in [5.74, 6) is -0.541. The third kappa shape index (κ3) is 7.24. The molecule has 0 bridgehead atoms. The van der Waals surface area contributed by atoms with Crippen LogP contribution in [-0.4, -0.2) is 72.5 Å². The van der Waals surface area contributed by atoms with Gasteiger partial charge in [-0.05, 0) is 66.9 Å². The maximum Gasteiger partial charge on any atom is 0.258 e. The smallest absolute Gasteiger partial charge is 0.258 e.